The molecule has 104 valence electrons. The zero-order chi connectivity index (χ0) is 14.7. The lowest BCUT2D eigenvalue weighted by molar-refractivity contribution is 0.0986. The minimum atomic E-state index is -0.543. The topological polar surface area (TPSA) is 26.3 Å². The summed E-state index contributed by atoms with van der Waals surface area (Å²) in [5, 5.41) is 0. The van der Waals surface area contributed by atoms with Gasteiger partial charge in [0.1, 0.15) is 11.6 Å². The number of ketones is 1. The summed E-state index contributed by atoms with van der Waals surface area (Å²) in [6.45, 7) is 3.95. The second-order valence-electron chi connectivity index (χ2n) is 4.91. The molecule has 20 heavy (non-hydrogen) atoms. The van der Waals surface area contributed by atoms with Gasteiger partial charge in [-0.1, -0.05) is 35.4 Å². The van der Waals surface area contributed by atoms with E-state index < -0.39 is 5.82 Å². The number of rotatable bonds is 4. The van der Waals surface area contributed by atoms with Crippen LogP contribution in [0.25, 0.3) is 0 Å². The van der Waals surface area contributed by atoms with Crippen LogP contribution in [0.2, 0.25) is 0 Å². The Balaban J connectivity index is 2.33. The van der Waals surface area contributed by atoms with Crippen LogP contribution in [0.3, 0.4) is 0 Å². The largest absolute Gasteiger partial charge is 0.496 e. The molecule has 0 spiro atoms. The van der Waals surface area contributed by atoms with Gasteiger partial charge < -0.3 is 4.74 Å². The van der Waals surface area contributed by atoms with Crippen LogP contribution < -0.4 is 4.74 Å². The summed E-state index contributed by atoms with van der Waals surface area (Å²) in [6, 6.07) is 10.3. The Morgan fingerprint density at radius 1 is 1.15 bits per heavy atom. The highest BCUT2D eigenvalue weighted by molar-refractivity contribution is 6.00. The number of methoxy groups -OCH3 is 1. The van der Waals surface area contributed by atoms with Crippen LogP contribution in [0, 0.1) is 19.7 Å². The van der Waals surface area contributed by atoms with E-state index in [0.29, 0.717) is 0 Å². The zero-order valence-electron chi connectivity index (χ0n) is 11.9. The number of benzene rings is 2. The van der Waals surface area contributed by atoms with E-state index in [-0.39, 0.29) is 23.5 Å². The number of carbonyl (C=O) groups is 1. The minimum Gasteiger partial charge on any atom is -0.496 e. The first kappa shape index (κ1) is 14.3. The molecule has 2 nitrogen and oxygen atoms in total. The van der Waals surface area contributed by atoms with Gasteiger partial charge in [-0.2, -0.15) is 0 Å². The van der Waals surface area contributed by atoms with Gasteiger partial charge in [0.05, 0.1) is 12.7 Å². The van der Waals surface area contributed by atoms with Gasteiger partial charge in [-0.15, -0.1) is 0 Å². The van der Waals surface area contributed by atoms with Gasteiger partial charge in [-0.05, 0) is 31.5 Å². The predicted molar refractivity (Wildman–Crippen MR) is 76.9 cm³/mol. The summed E-state index contributed by atoms with van der Waals surface area (Å²) in [6.07, 6.45) is 0.166. The van der Waals surface area contributed by atoms with Gasteiger partial charge in [0.15, 0.2) is 5.78 Å². The second-order valence-corrected chi connectivity index (χ2v) is 4.91. The van der Waals surface area contributed by atoms with Gasteiger partial charge >= 0.3 is 0 Å². The van der Waals surface area contributed by atoms with Gasteiger partial charge in [0.2, 0.25) is 0 Å². The van der Waals surface area contributed by atoms with Crippen LogP contribution >= 0.6 is 0 Å². The molecule has 0 bridgehead atoms. The van der Waals surface area contributed by atoms with Crippen molar-refractivity contribution >= 4 is 5.78 Å². The number of carbonyl (C=O) groups excluding carboxylic acids is 1. The van der Waals surface area contributed by atoms with Crippen molar-refractivity contribution in [2.45, 2.75) is 20.3 Å². The summed E-state index contributed by atoms with van der Waals surface area (Å²) in [5.74, 6) is -0.539. The summed E-state index contributed by atoms with van der Waals surface area (Å²) in [4.78, 5) is 12.3. The molecule has 3 heteroatoms. The third kappa shape index (κ3) is 3.05. The third-order valence-corrected chi connectivity index (χ3v) is 3.12. The monoisotopic (exact) mass is 272 g/mol. The Bertz CT molecular complexity index is 627. The standard InChI is InChI=1S/C17H17FO2/c1-11-7-12(2)9-13(8-11)10-15(19)17-14(18)5-4-6-16(17)20-3/h4-9H,10H2,1-3H3. The van der Waals surface area contributed by atoms with Crippen molar-refractivity contribution in [3.8, 4) is 5.75 Å². The fourth-order valence-corrected chi connectivity index (χ4v) is 2.39. The normalized spacial score (nSPS) is 10.4. The first-order valence-electron chi connectivity index (χ1n) is 6.44. The highest BCUT2D eigenvalue weighted by atomic mass is 19.1. The van der Waals surface area contributed by atoms with Crippen molar-refractivity contribution in [3.63, 3.8) is 0 Å². The molecule has 0 aliphatic heterocycles. The van der Waals surface area contributed by atoms with Crippen molar-refractivity contribution in [2.24, 2.45) is 0 Å². The van der Waals surface area contributed by atoms with Gasteiger partial charge in [-0.25, -0.2) is 4.39 Å². The molecule has 0 aromatic heterocycles. The number of halogens is 1. The molecular weight excluding hydrogens is 255 g/mol. The van der Waals surface area contributed by atoms with Crippen molar-refractivity contribution in [1.29, 1.82) is 0 Å². The van der Waals surface area contributed by atoms with E-state index in [2.05, 4.69) is 0 Å². The molecule has 0 N–H and O–H groups in total. The van der Waals surface area contributed by atoms with Gasteiger partial charge in [-0.3, -0.25) is 4.79 Å². The molecule has 0 saturated carbocycles. The summed E-state index contributed by atoms with van der Waals surface area (Å²) < 4.78 is 18.9. The van der Waals surface area contributed by atoms with Gasteiger partial charge in [0.25, 0.3) is 0 Å². The lowest BCUT2D eigenvalue weighted by Gasteiger charge is -2.09. The first-order valence-corrected chi connectivity index (χ1v) is 6.44. The SMILES string of the molecule is COc1cccc(F)c1C(=O)Cc1cc(C)cc(C)c1. The van der Waals surface area contributed by atoms with Crippen LogP contribution in [0.5, 0.6) is 5.75 Å². The maximum atomic E-state index is 13.8. The molecule has 0 amide bonds. The molecule has 0 fully saturated rings. The van der Waals surface area contributed by atoms with Crippen LogP contribution in [0.15, 0.2) is 36.4 Å². The van der Waals surface area contributed by atoms with Gasteiger partial charge in [0, 0.05) is 6.42 Å². The highest BCUT2D eigenvalue weighted by Gasteiger charge is 2.17. The van der Waals surface area contributed by atoms with Crippen molar-refractivity contribution in [1.82, 2.24) is 0 Å². The van der Waals surface area contributed by atoms with E-state index in [1.165, 1.54) is 19.2 Å². The summed E-state index contributed by atoms with van der Waals surface area (Å²) in [5.41, 5.74) is 3.09. The average molecular weight is 272 g/mol. The van der Waals surface area contributed by atoms with Crippen LogP contribution in [-0.4, -0.2) is 12.9 Å². The van der Waals surface area contributed by atoms with E-state index in [9.17, 15) is 9.18 Å². The van der Waals surface area contributed by atoms with E-state index >= 15 is 0 Å². The molecule has 0 aliphatic carbocycles. The molecule has 0 heterocycles. The molecule has 2 aromatic carbocycles. The molecule has 0 radical (unpaired) electrons. The van der Waals surface area contributed by atoms with E-state index in [4.69, 9.17) is 4.74 Å². The number of hydrogen-bond acceptors (Lipinski definition) is 2. The van der Waals surface area contributed by atoms with E-state index in [1.807, 2.05) is 32.0 Å². The fraction of sp³-hybridized carbons (Fsp3) is 0.235. The molecule has 2 aromatic rings. The molecule has 2 rings (SSSR count). The lowest BCUT2D eigenvalue weighted by Crippen LogP contribution is -2.08. The van der Waals surface area contributed by atoms with Crippen molar-refractivity contribution in [2.75, 3.05) is 7.11 Å². The maximum absolute atomic E-state index is 13.8. The van der Waals surface area contributed by atoms with Crippen molar-refractivity contribution in [3.05, 3.63) is 64.5 Å². The minimum absolute atomic E-state index is 0.0224. The fourth-order valence-electron chi connectivity index (χ4n) is 2.39. The smallest absolute Gasteiger partial charge is 0.173 e. The van der Waals surface area contributed by atoms with Crippen molar-refractivity contribution < 1.29 is 13.9 Å². The Hall–Kier alpha value is -2.16. The maximum Gasteiger partial charge on any atom is 0.173 e. The zero-order valence-corrected chi connectivity index (χ0v) is 11.9. The third-order valence-electron chi connectivity index (χ3n) is 3.12. The Morgan fingerprint density at radius 2 is 1.80 bits per heavy atom. The number of hydrogen-bond donors (Lipinski definition) is 0. The Labute approximate surface area is 118 Å². The second kappa shape index (κ2) is 5.87. The molecule has 0 aliphatic rings. The molecule has 0 unspecified atom stereocenters. The predicted octanol–water partition coefficient (Wildman–Crippen LogP) is 3.88. The quantitative estimate of drug-likeness (QED) is 0.790. The molecule has 0 atom stereocenters. The molecular formula is C17H17FO2. The molecule has 0 saturated heterocycles. The summed E-state index contributed by atoms with van der Waals surface area (Å²) in [7, 11) is 1.43. The number of Topliss-reactive ketones (excluding diaryl/α,β-unsaturated/α-hetero) is 1. The average Bonchev–Trinajstić information content (AvgIpc) is 2.36. The first-order chi connectivity index (χ1) is 9.51. The van der Waals surface area contributed by atoms with E-state index in [1.54, 1.807) is 6.07 Å². The van der Waals surface area contributed by atoms with Crippen LogP contribution in [0.1, 0.15) is 27.0 Å². The Morgan fingerprint density at radius 3 is 2.40 bits per heavy atom. The lowest BCUT2D eigenvalue weighted by atomic mass is 9.99. The van der Waals surface area contributed by atoms with E-state index in [0.717, 1.165) is 16.7 Å². The Kier molecular flexibility index (Phi) is 4.18. The van der Waals surface area contributed by atoms with Crippen LogP contribution in [-0.2, 0) is 6.42 Å². The highest BCUT2D eigenvalue weighted by Crippen LogP contribution is 2.23. The number of aryl methyl sites for hydroxylation is 2. The van der Waals surface area contributed by atoms with Crippen LogP contribution in [0.4, 0.5) is 4.39 Å². The number of ether oxygens (including phenoxy) is 1. The summed E-state index contributed by atoms with van der Waals surface area (Å²) >= 11 is 0.